The van der Waals surface area contributed by atoms with Gasteiger partial charge in [-0.2, -0.15) is 5.10 Å². The maximum Gasteiger partial charge on any atom is 0.275 e. The first-order chi connectivity index (χ1) is 12.3. The van der Waals surface area contributed by atoms with E-state index in [1.54, 1.807) is 6.20 Å². The van der Waals surface area contributed by atoms with Crippen molar-refractivity contribution in [3.63, 3.8) is 0 Å². The van der Waals surface area contributed by atoms with E-state index in [0.29, 0.717) is 12.2 Å². The molecule has 4 rings (SSSR count). The first-order valence-electron chi connectivity index (χ1n) is 8.61. The summed E-state index contributed by atoms with van der Waals surface area (Å²) in [7, 11) is 0. The van der Waals surface area contributed by atoms with Crippen LogP contribution in [0.25, 0.3) is 10.8 Å². The minimum Gasteiger partial charge on any atom is -0.335 e. The van der Waals surface area contributed by atoms with E-state index in [1.165, 1.54) is 5.56 Å². The lowest BCUT2D eigenvalue weighted by molar-refractivity contribution is 0.0748. The highest BCUT2D eigenvalue weighted by Crippen LogP contribution is 2.21. The maximum atomic E-state index is 13.1. The SMILES string of the molecule is O=C(c1nncc2ccccc12)N1CCCNC(c2ccccc2)C1. The van der Waals surface area contributed by atoms with Crippen LogP contribution in [-0.2, 0) is 0 Å². The molecule has 1 aliphatic rings. The Kier molecular flexibility index (Phi) is 4.39. The van der Waals surface area contributed by atoms with Gasteiger partial charge in [0.25, 0.3) is 5.91 Å². The second kappa shape index (κ2) is 6.99. The molecule has 126 valence electrons. The van der Waals surface area contributed by atoms with Gasteiger partial charge in [-0.3, -0.25) is 4.79 Å². The number of nitrogens with zero attached hydrogens (tertiary/aromatic N) is 3. The van der Waals surface area contributed by atoms with Crippen molar-refractivity contribution in [3.05, 3.63) is 72.1 Å². The van der Waals surface area contributed by atoms with Crippen LogP contribution in [0.1, 0.15) is 28.5 Å². The third-order valence-corrected chi connectivity index (χ3v) is 4.66. The van der Waals surface area contributed by atoms with E-state index in [9.17, 15) is 4.79 Å². The molecular weight excluding hydrogens is 312 g/mol. The molecule has 0 saturated carbocycles. The molecule has 1 aromatic heterocycles. The van der Waals surface area contributed by atoms with E-state index in [1.807, 2.05) is 47.4 Å². The minimum absolute atomic E-state index is 0.0473. The van der Waals surface area contributed by atoms with Gasteiger partial charge < -0.3 is 10.2 Å². The predicted molar refractivity (Wildman–Crippen MR) is 97.2 cm³/mol. The summed E-state index contributed by atoms with van der Waals surface area (Å²) in [5.41, 5.74) is 1.64. The summed E-state index contributed by atoms with van der Waals surface area (Å²) in [4.78, 5) is 15.0. The standard InChI is InChI=1S/C20H20N4O/c25-20(19-17-10-5-4-9-16(17)13-22-23-19)24-12-6-11-21-18(14-24)15-7-2-1-3-8-15/h1-5,7-10,13,18,21H,6,11-12,14H2. The number of nitrogens with one attached hydrogen (secondary N) is 1. The molecule has 25 heavy (non-hydrogen) atoms. The van der Waals surface area contributed by atoms with E-state index in [4.69, 9.17) is 0 Å². The molecule has 1 fully saturated rings. The molecule has 1 saturated heterocycles. The Bertz CT molecular complexity index is 876. The Morgan fingerprint density at radius 1 is 1.08 bits per heavy atom. The zero-order valence-electron chi connectivity index (χ0n) is 13.9. The van der Waals surface area contributed by atoms with Crippen LogP contribution in [0.3, 0.4) is 0 Å². The fraction of sp³-hybridized carbons (Fsp3) is 0.250. The molecule has 2 heterocycles. The number of carbonyl (C=O) groups is 1. The Morgan fingerprint density at radius 3 is 2.76 bits per heavy atom. The number of fused-ring (bicyclic) bond motifs is 1. The van der Waals surface area contributed by atoms with Crippen molar-refractivity contribution in [2.24, 2.45) is 0 Å². The first kappa shape index (κ1) is 15.7. The lowest BCUT2D eigenvalue weighted by Gasteiger charge is -2.25. The predicted octanol–water partition coefficient (Wildman–Crippen LogP) is 2.81. The first-order valence-corrected chi connectivity index (χ1v) is 8.61. The molecule has 5 nitrogen and oxygen atoms in total. The Hall–Kier alpha value is -2.79. The van der Waals surface area contributed by atoms with Crippen LogP contribution in [0.15, 0.2) is 60.8 Å². The van der Waals surface area contributed by atoms with Crippen molar-refractivity contribution < 1.29 is 4.79 Å². The van der Waals surface area contributed by atoms with Crippen molar-refractivity contribution in [2.75, 3.05) is 19.6 Å². The molecule has 2 aromatic carbocycles. The molecule has 1 amide bonds. The Morgan fingerprint density at radius 2 is 1.88 bits per heavy atom. The number of amides is 1. The molecule has 3 aromatic rings. The molecule has 1 N–H and O–H groups in total. The van der Waals surface area contributed by atoms with Gasteiger partial charge in [0.1, 0.15) is 0 Å². The lowest BCUT2D eigenvalue weighted by atomic mass is 10.1. The molecule has 0 bridgehead atoms. The number of rotatable bonds is 2. The van der Waals surface area contributed by atoms with Gasteiger partial charge in [-0.15, -0.1) is 5.10 Å². The van der Waals surface area contributed by atoms with Crippen LogP contribution in [0.4, 0.5) is 0 Å². The van der Waals surface area contributed by atoms with Gasteiger partial charge in [0.15, 0.2) is 5.69 Å². The van der Waals surface area contributed by atoms with Crippen LogP contribution < -0.4 is 5.32 Å². The highest BCUT2D eigenvalue weighted by molar-refractivity contribution is 6.04. The number of carbonyl (C=O) groups excluding carboxylic acids is 1. The zero-order chi connectivity index (χ0) is 17.1. The maximum absolute atomic E-state index is 13.1. The third kappa shape index (κ3) is 3.23. The molecule has 1 unspecified atom stereocenters. The van der Waals surface area contributed by atoms with Gasteiger partial charge in [0, 0.05) is 29.9 Å². The minimum atomic E-state index is -0.0473. The van der Waals surface area contributed by atoms with Crippen LogP contribution in [0.5, 0.6) is 0 Å². The van der Waals surface area contributed by atoms with Crippen molar-refractivity contribution in [1.29, 1.82) is 0 Å². The van der Waals surface area contributed by atoms with Crippen molar-refractivity contribution in [3.8, 4) is 0 Å². The highest BCUT2D eigenvalue weighted by atomic mass is 16.2. The summed E-state index contributed by atoms with van der Waals surface area (Å²) in [6.45, 7) is 2.25. The molecule has 0 spiro atoms. The van der Waals surface area contributed by atoms with E-state index in [2.05, 4.69) is 27.6 Å². The van der Waals surface area contributed by atoms with Crippen molar-refractivity contribution in [1.82, 2.24) is 20.4 Å². The summed E-state index contributed by atoms with van der Waals surface area (Å²) < 4.78 is 0. The quantitative estimate of drug-likeness (QED) is 0.784. The Labute approximate surface area is 146 Å². The summed E-state index contributed by atoms with van der Waals surface area (Å²) in [6, 6.07) is 18.2. The average molecular weight is 332 g/mol. The molecular formula is C20H20N4O. The number of benzene rings is 2. The fourth-order valence-corrected chi connectivity index (χ4v) is 3.35. The monoisotopic (exact) mass is 332 g/mol. The second-order valence-corrected chi connectivity index (χ2v) is 6.30. The summed E-state index contributed by atoms with van der Waals surface area (Å²) in [6.07, 6.45) is 2.62. The topological polar surface area (TPSA) is 58.1 Å². The summed E-state index contributed by atoms with van der Waals surface area (Å²) in [5, 5.41) is 13.5. The van der Waals surface area contributed by atoms with Crippen LogP contribution in [-0.4, -0.2) is 40.6 Å². The van der Waals surface area contributed by atoms with Gasteiger partial charge in [0.2, 0.25) is 0 Å². The van der Waals surface area contributed by atoms with Gasteiger partial charge in [-0.05, 0) is 18.5 Å². The fourth-order valence-electron chi connectivity index (χ4n) is 3.35. The van der Waals surface area contributed by atoms with Crippen LogP contribution in [0, 0.1) is 0 Å². The lowest BCUT2D eigenvalue weighted by Crippen LogP contribution is -2.36. The largest absolute Gasteiger partial charge is 0.335 e. The zero-order valence-corrected chi connectivity index (χ0v) is 13.9. The van der Waals surface area contributed by atoms with Gasteiger partial charge in [0.05, 0.1) is 6.20 Å². The molecule has 5 heteroatoms. The molecule has 1 atom stereocenters. The number of aromatic nitrogens is 2. The van der Waals surface area contributed by atoms with Crippen LogP contribution >= 0.6 is 0 Å². The van der Waals surface area contributed by atoms with Crippen molar-refractivity contribution in [2.45, 2.75) is 12.5 Å². The molecule has 0 radical (unpaired) electrons. The number of hydrogen-bond acceptors (Lipinski definition) is 4. The van der Waals surface area contributed by atoms with E-state index in [-0.39, 0.29) is 11.9 Å². The van der Waals surface area contributed by atoms with Gasteiger partial charge in [-0.1, -0.05) is 54.6 Å². The highest BCUT2D eigenvalue weighted by Gasteiger charge is 2.25. The second-order valence-electron chi connectivity index (χ2n) is 6.30. The molecule has 1 aliphatic heterocycles. The average Bonchev–Trinajstić information content (AvgIpc) is 2.94. The van der Waals surface area contributed by atoms with Gasteiger partial charge in [-0.25, -0.2) is 0 Å². The van der Waals surface area contributed by atoms with Crippen molar-refractivity contribution >= 4 is 16.7 Å². The smallest absolute Gasteiger partial charge is 0.275 e. The van der Waals surface area contributed by atoms with E-state index < -0.39 is 0 Å². The van der Waals surface area contributed by atoms with E-state index >= 15 is 0 Å². The number of hydrogen-bond donors (Lipinski definition) is 1. The third-order valence-electron chi connectivity index (χ3n) is 4.66. The van der Waals surface area contributed by atoms with E-state index in [0.717, 1.165) is 30.3 Å². The van der Waals surface area contributed by atoms with Gasteiger partial charge >= 0.3 is 0 Å². The normalized spacial score (nSPS) is 18.1. The summed E-state index contributed by atoms with van der Waals surface area (Å²) >= 11 is 0. The van der Waals surface area contributed by atoms with Crippen LogP contribution in [0.2, 0.25) is 0 Å². The molecule has 0 aliphatic carbocycles. The summed E-state index contributed by atoms with van der Waals surface area (Å²) in [5.74, 6) is -0.0473. The Balaban J connectivity index is 1.64.